The van der Waals surface area contributed by atoms with Crippen LogP contribution < -0.4 is 65.5 Å². The first-order valence-corrected chi connectivity index (χ1v) is 22.1. The van der Waals surface area contributed by atoms with E-state index in [1.165, 1.54) is 0 Å². The van der Waals surface area contributed by atoms with Gasteiger partial charge in [-0.25, -0.2) is 4.79 Å². The maximum absolute atomic E-state index is 13.5. The molecule has 400 valence electrons. The Morgan fingerprint density at radius 2 is 0.930 bits per heavy atom. The third-order valence-electron chi connectivity index (χ3n) is 10.3. The van der Waals surface area contributed by atoms with Gasteiger partial charge in [0.05, 0.1) is 32.0 Å². The summed E-state index contributed by atoms with van der Waals surface area (Å²) in [4.78, 5) is 175. The molecule has 0 fully saturated rings. The molecule has 31 heteroatoms. The van der Waals surface area contributed by atoms with E-state index in [1.54, 1.807) is 13.8 Å². The third kappa shape index (κ3) is 26.1. The number of carbonyl (C=O) groups is 14. The van der Waals surface area contributed by atoms with Crippen LogP contribution in [0, 0.1) is 5.92 Å². The first-order chi connectivity index (χ1) is 33.2. The Labute approximate surface area is 405 Å². The van der Waals surface area contributed by atoms with Gasteiger partial charge in [-0.05, 0) is 51.0 Å². The summed E-state index contributed by atoms with van der Waals surface area (Å²) in [6.45, 7) is 1.30. The van der Waals surface area contributed by atoms with Crippen LogP contribution in [0.2, 0.25) is 0 Å². The van der Waals surface area contributed by atoms with E-state index in [-0.39, 0.29) is 32.2 Å². The van der Waals surface area contributed by atoms with E-state index < -0.39 is 189 Å². The topological polar surface area (TPSA) is 540 Å². The molecule has 0 heterocycles. The number of nitrogens with one attached hydrogen (secondary N) is 8. The fourth-order valence-electron chi connectivity index (χ4n) is 6.09. The minimum atomic E-state index is -2.08. The summed E-state index contributed by atoms with van der Waals surface area (Å²) in [5, 5.41) is 64.9. The lowest BCUT2D eigenvalue weighted by Crippen LogP contribution is -2.61. The van der Waals surface area contributed by atoms with Crippen LogP contribution in [0.25, 0.3) is 0 Å². The van der Waals surface area contributed by atoms with E-state index in [0.717, 1.165) is 0 Å². The van der Waals surface area contributed by atoms with Crippen molar-refractivity contribution < 1.29 is 92.7 Å². The molecule has 0 radical (unpaired) electrons. The number of amides is 10. The normalized spacial score (nSPS) is 14.6. The summed E-state index contributed by atoms with van der Waals surface area (Å²) in [6.07, 6.45) is -4.76. The fourth-order valence-corrected chi connectivity index (χ4v) is 6.09. The standard InChI is InChI=1S/C40H66N12O19/c1-3-18(2)32(40(70)71)52-36(66)20(6-4-5-13-41)47-38(68)24(15-31(61)62)50-37(67)23(14-27(44)55)49-39(69)25(17-53)51-35(65)22(9-12-30(59)60)48-34(64)21(8-11-29(57)58)46-28(56)16-45-33(63)19(42)7-10-26(43)54/h18-25,32,53H,3-17,41-42H2,1-2H3,(H2,43,54)(H2,44,55)(H,45,63)(H,46,56)(H,47,68)(H,48,64)(H,49,69)(H,50,67)(H,51,65)(H,52,66)(H,57,58)(H,59,60)(H,61,62)(H,70,71). The van der Waals surface area contributed by atoms with Crippen molar-refractivity contribution in [1.82, 2.24) is 42.5 Å². The van der Waals surface area contributed by atoms with Crippen molar-refractivity contribution in [2.24, 2.45) is 28.9 Å². The number of unbranched alkanes of at least 4 members (excludes halogenated alkanes) is 1. The predicted octanol–water partition coefficient (Wildman–Crippen LogP) is -7.58. The Balaban J connectivity index is 6.42. The predicted molar refractivity (Wildman–Crippen MR) is 240 cm³/mol. The first kappa shape index (κ1) is 63.5. The minimum absolute atomic E-state index is 0.119. The average molecular weight is 1020 g/mol. The highest BCUT2D eigenvalue weighted by Gasteiger charge is 2.36. The van der Waals surface area contributed by atoms with Crippen LogP contribution in [-0.2, 0) is 67.1 Å². The van der Waals surface area contributed by atoms with Crippen LogP contribution in [-0.4, -0.2) is 177 Å². The Bertz CT molecular complexity index is 1940. The van der Waals surface area contributed by atoms with Crippen molar-refractivity contribution in [2.45, 2.75) is 139 Å². The van der Waals surface area contributed by atoms with E-state index in [9.17, 15) is 92.7 Å². The number of carboxylic acid groups (broad SMARTS) is 4. The number of aliphatic hydroxyl groups is 1. The van der Waals surface area contributed by atoms with Crippen molar-refractivity contribution in [3.8, 4) is 0 Å². The highest BCUT2D eigenvalue weighted by atomic mass is 16.4. The number of nitrogens with two attached hydrogens (primary N) is 4. The minimum Gasteiger partial charge on any atom is -0.481 e. The van der Waals surface area contributed by atoms with Gasteiger partial charge in [-0.1, -0.05) is 20.3 Å². The second-order valence-corrected chi connectivity index (χ2v) is 16.1. The van der Waals surface area contributed by atoms with Gasteiger partial charge in [0.1, 0.15) is 42.3 Å². The maximum Gasteiger partial charge on any atom is 0.326 e. The molecule has 0 aromatic heterocycles. The van der Waals surface area contributed by atoms with Crippen LogP contribution >= 0.6 is 0 Å². The van der Waals surface area contributed by atoms with Crippen molar-refractivity contribution in [3.05, 3.63) is 0 Å². The molecule has 71 heavy (non-hydrogen) atoms. The van der Waals surface area contributed by atoms with Crippen LogP contribution in [0.15, 0.2) is 0 Å². The molecular weight excluding hydrogens is 953 g/mol. The number of aliphatic carboxylic acids is 4. The second kappa shape index (κ2) is 33.1. The van der Waals surface area contributed by atoms with Gasteiger partial charge in [-0.15, -0.1) is 0 Å². The number of hydrogen-bond acceptors (Lipinski definition) is 17. The quantitative estimate of drug-likeness (QED) is 0.0257. The maximum atomic E-state index is 13.5. The molecule has 0 saturated carbocycles. The van der Waals surface area contributed by atoms with Crippen LogP contribution in [0.5, 0.6) is 0 Å². The van der Waals surface area contributed by atoms with Crippen molar-refractivity contribution in [2.75, 3.05) is 19.7 Å². The lowest BCUT2D eigenvalue weighted by atomic mass is 9.98. The number of primary amides is 2. The molecule has 9 atom stereocenters. The van der Waals surface area contributed by atoms with Crippen LogP contribution in [0.4, 0.5) is 0 Å². The molecule has 10 amide bonds. The van der Waals surface area contributed by atoms with Crippen molar-refractivity contribution >= 4 is 82.9 Å². The Morgan fingerprint density at radius 1 is 0.493 bits per heavy atom. The molecule has 0 aliphatic heterocycles. The van der Waals surface area contributed by atoms with Crippen LogP contribution in [0.3, 0.4) is 0 Å². The summed E-state index contributed by atoms with van der Waals surface area (Å²) in [5.41, 5.74) is 21.5. The highest BCUT2D eigenvalue weighted by Crippen LogP contribution is 2.11. The monoisotopic (exact) mass is 1020 g/mol. The zero-order valence-electron chi connectivity index (χ0n) is 39.1. The Hall–Kier alpha value is -7.54. The summed E-state index contributed by atoms with van der Waals surface area (Å²) < 4.78 is 0. The summed E-state index contributed by atoms with van der Waals surface area (Å²) in [7, 11) is 0. The fraction of sp³-hybridized carbons (Fsp3) is 0.650. The smallest absolute Gasteiger partial charge is 0.326 e. The SMILES string of the molecule is CCC(C)C(NC(=O)C(CCCCN)NC(=O)C(CC(=O)O)NC(=O)C(CC(N)=O)NC(=O)C(CO)NC(=O)C(CCC(=O)O)NC(=O)C(CCC(=O)O)NC(=O)CNC(=O)C(N)CCC(N)=O)C(=O)O. The molecular formula is C40H66N12O19. The average Bonchev–Trinajstić information content (AvgIpc) is 3.28. The van der Waals surface area contributed by atoms with Crippen LogP contribution in [0.1, 0.15) is 90.9 Å². The number of rotatable bonds is 37. The largest absolute Gasteiger partial charge is 0.481 e. The van der Waals surface area contributed by atoms with Gasteiger partial charge in [-0.3, -0.25) is 62.3 Å². The molecule has 31 nitrogen and oxygen atoms in total. The van der Waals surface area contributed by atoms with E-state index >= 15 is 0 Å². The van der Waals surface area contributed by atoms with Crippen molar-refractivity contribution in [1.29, 1.82) is 0 Å². The van der Waals surface area contributed by atoms with Crippen molar-refractivity contribution in [3.63, 3.8) is 0 Å². The van der Waals surface area contributed by atoms with Gasteiger partial charge >= 0.3 is 23.9 Å². The molecule has 0 spiro atoms. The molecule has 21 N–H and O–H groups in total. The number of carbonyl (C=O) groups excluding carboxylic acids is 10. The zero-order valence-corrected chi connectivity index (χ0v) is 39.1. The molecule has 9 unspecified atom stereocenters. The summed E-state index contributed by atoms with van der Waals surface area (Å²) in [6, 6.07) is -14.0. The van der Waals surface area contributed by atoms with Gasteiger partial charge in [0.25, 0.3) is 0 Å². The molecule has 0 aromatic carbocycles. The first-order valence-electron chi connectivity index (χ1n) is 22.1. The zero-order chi connectivity index (χ0) is 54.5. The molecule has 0 aromatic rings. The van der Waals surface area contributed by atoms with E-state index in [1.807, 2.05) is 16.0 Å². The lowest BCUT2D eigenvalue weighted by Gasteiger charge is -2.27. The molecule has 0 aliphatic carbocycles. The van der Waals surface area contributed by atoms with E-state index in [4.69, 9.17) is 22.9 Å². The molecule has 0 saturated heterocycles. The number of hydrogen-bond donors (Lipinski definition) is 17. The van der Waals surface area contributed by atoms with Gasteiger partial charge in [0, 0.05) is 19.3 Å². The number of carboxylic acids is 4. The Kier molecular flexibility index (Phi) is 29.6. The third-order valence-corrected chi connectivity index (χ3v) is 10.3. The summed E-state index contributed by atoms with van der Waals surface area (Å²) in [5.74, 6) is -18.3. The molecule has 0 rings (SSSR count). The van der Waals surface area contributed by atoms with Gasteiger partial charge in [0.15, 0.2) is 0 Å². The lowest BCUT2D eigenvalue weighted by molar-refractivity contribution is -0.144. The number of aliphatic hydroxyl groups excluding tert-OH is 1. The van der Waals surface area contributed by atoms with Gasteiger partial charge in [0.2, 0.25) is 59.1 Å². The molecule has 0 bridgehead atoms. The Morgan fingerprint density at radius 3 is 1.37 bits per heavy atom. The molecule has 0 aliphatic rings. The summed E-state index contributed by atoms with van der Waals surface area (Å²) >= 11 is 0. The van der Waals surface area contributed by atoms with E-state index in [2.05, 4.69) is 26.6 Å². The van der Waals surface area contributed by atoms with Gasteiger partial charge in [-0.2, -0.15) is 0 Å². The van der Waals surface area contributed by atoms with E-state index in [0.29, 0.717) is 12.8 Å². The van der Waals surface area contributed by atoms with Gasteiger partial charge < -0.3 is 91.0 Å². The second-order valence-electron chi connectivity index (χ2n) is 16.1. The highest BCUT2D eigenvalue weighted by molar-refractivity contribution is 5.99.